The number of benzene rings is 2. The van der Waals surface area contributed by atoms with Crippen molar-refractivity contribution in [1.82, 2.24) is 4.57 Å². The van der Waals surface area contributed by atoms with Gasteiger partial charge in [-0.25, -0.2) is 0 Å². The van der Waals surface area contributed by atoms with E-state index < -0.39 is 0 Å². The van der Waals surface area contributed by atoms with Gasteiger partial charge < -0.3 is 18.8 Å². The Morgan fingerprint density at radius 3 is 2.31 bits per heavy atom. The number of aryl methyl sites for hydroxylation is 2. The Hall–Kier alpha value is -2.95. The van der Waals surface area contributed by atoms with E-state index in [1.165, 1.54) is 5.56 Å². The number of rotatable bonds is 3. The maximum Gasteiger partial charge on any atom is 0.258 e. The minimum atomic E-state index is -0.0102. The van der Waals surface area contributed by atoms with Crippen molar-refractivity contribution in [3.8, 4) is 28.5 Å². The van der Waals surface area contributed by atoms with Crippen molar-refractivity contribution in [3.63, 3.8) is 0 Å². The molecule has 0 fully saturated rings. The summed E-state index contributed by atoms with van der Waals surface area (Å²) in [6, 6.07) is 9.62. The van der Waals surface area contributed by atoms with Gasteiger partial charge in [0.15, 0.2) is 11.5 Å². The zero-order valence-electron chi connectivity index (χ0n) is 15.4. The van der Waals surface area contributed by atoms with Crippen molar-refractivity contribution >= 4 is 10.8 Å². The van der Waals surface area contributed by atoms with Gasteiger partial charge in [-0.1, -0.05) is 0 Å². The molecule has 0 saturated heterocycles. The molecule has 0 atom stereocenters. The third-order valence-corrected chi connectivity index (χ3v) is 5.22. The van der Waals surface area contributed by atoms with Crippen molar-refractivity contribution in [2.75, 3.05) is 21.3 Å². The topological polar surface area (TPSA) is 49.7 Å². The van der Waals surface area contributed by atoms with Gasteiger partial charge in [0.1, 0.15) is 5.75 Å². The van der Waals surface area contributed by atoms with Crippen LogP contribution in [0, 0.1) is 0 Å². The van der Waals surface area contributed by atoms with E-state index in [4.69, 9.17) is 14.2 Å². The summed E-state index contributed by atoms with van der Waals surface area (Å²) in [5.41, 5.74) is 4.28. The molecule has 5 heteroatoms. The Labute approximate surface area is 151 Å². The normalized spacial score (nSPS) is 12.5. The van der Waals surface area contributed by atoms with E-state index in [1.807, 2.05) is 37.4 Å². The summed E-state index contributed by atoms with van der Waals surface area (Å²) in [5, 5.41) is 1.68. The zero-order chi connectivity index (χ0) is 18.4. The molecule has 0 amide bonds. The van der Waals surface area contributed by atoms with Crippen LogP contribution in [-0.2, 0) is 19.9 Å². The molecular formula is C21H21NO4. The number of methoxy groups -OCH3 is 3. The van der Waals surface area contributed by atoms with Gasteiger partial charge in [-0.15, -0.1) is 0 Å². The van der Waals surface area contributed by atoms with Crippen LogP contribution >= 0.6 is 0 Å². The molecule has 0 aliphatic heterocycles. The summed E-state index contributed by atoms with van der Waals surface area (Å²) in [5.74, 6) is 2.13. The van der Waals surface area contributed by atoms with E-state index in [0.717, 1.165) is 46.2 Å². The summed E-state index contributed by atoms with van der Waals surface area (Å²) in [6.45, 7) is 0. The molecule has 3 aromatic rings. The highest BCUT2D eigenvalue weighted by Gasteiger charge is 2.24. The van der Waals surface area contributed by atoms with Crippen molar-refractivity contribution < 1.29 is 14.2 Å². The standard InChI is InChI=1S/C21H21NO4/c1-22-20-14(17-10-13(24-2)6-8-15(17)21(22)23)7-5-12-9-18(25-3)19(26-4)11-16(12)20/h6,8-11H,5,7H2,1-4H3. The Balaban J connectivity index is 2.09. The molecule has 0 bridgehead atoms. The Morgan fingerprint density at radius 2 is 1.62 bits per heavy atom. The van der Waals surface area contributed by atoms with Crippen LogP contribution in [0.5, 0.6) is 17.2 Å². The van der Waals surface area contributed by atoms with E-state index in [0.29, 0.717) is 11.5 Å². The van der Waals surface area contributed by atoms with E-state index in [2.05, 4.69) is 0 Å². The maximum absolute atomic E-state index is 13.0. The summed E-state index contributed by atoms with van der Waals surface area (Å²) in [4.78, 5) is 13.0. The number of hydrogen-bond donors (Lipinski definition) is 0. The van der Waals surface area contributed by atoms with Gasteiger partial charge in [0.25, 0.3) is 5.56 Å². The fraction of sp³-hybridized carbons (Fsp3) is 0.286. The molecule has 1 aromatic heterocycles. The molecule has 26 heavy (non-hydrogen) atoms. The van der Waals surface area contributed by atoms with Crippen LogP contribution in [0.1, 0.15) is 11.1 Å². The van der Waals surface area contributed by atoms with E-state index in [1.54, 1.807) is 25.9 Å². The smallest absolute Gasteiger partial charge is 0.258 e. The predicted octanol–water partition coefficient (Wildman–Crippen LogP) is 3.33. The average molecular weight is 351 g/mol. The fourth-order valence-electron chi connectivity index (χ4n) is 3.90. The second kappa shape index (κ2) is 6.09. The van der Waals surface area contributed by atoms with Crippen LogP contribution in [0.2, 0.25) is 0 Å². The van der Waals surface area contributed by atoms with E-state index >= 15 is 0 Å². The maximum atomic E-state index is 13.0. The lowest BCUT2D eigenvalue weighted by atomic mass is 9.85. The van der Waals surface area contributed by atoms with Crippen molar-refractivity contribution in [3.05, 3.63) is 51.8 Å². The molecule has 0 saturated carbocycles. The largest absolute Gasteiger partial charge is 0.497 e. The van der Waals surface area contributed by atoms with Crippen molar-refractivity contribution in [1.29, 1.82) is 0 Å². The Kier molecular flexibility index (Phi) is 3.87. The van der Waals surface area contributed by atoms with Gasteiger partial charge >= 0.3 is 0 Å². The number of ether oxygens (including phenoxy) is 3. The van der Waals surface area contributed by atoms with Gasteiger partial charge in [-0.05, 0) is 59.7 Å². The van der Waals surface area contributed by atoms with Crippen LogP contribution in [0.3, 0.4) is 0 Å². The predicted molar refractivity (Wildman–Crippen MR) is 102 cm³/mol. The first-order chi connectivity index (χ1) is 12.6. The average Bonchev–Trinajstić information content (AvgIpc) is 2.69. The molecule has 1 aliphatic carbocycles. The van der Waals surface area contributed by atoms with Gasteiger partial charge in [0, 0.05) is 18.0 Å². The van der Waals surface area contributed by atoms with Gasteiger partial charge in [0.2, 0.25) is 0 Å². The summed E-state index contributed by atoms with van der Waals surface area (Å²) in [7, 11) is 6.73. The zero-order valence-corrected chi connectivity index (χ0v) is 15.4. The minimum Gasteiger partial charge on any atom is -0.497 e. The molecule has 4 rings (SSSR count). The molecule has 0 N–H and O–H groups in total. The molecule has 1 heterocycles. The quantitative estimate of drug-likeness (QED) is 0.726. The summed E-state index contributed by atoms with van der Waals surface area (Å²) in [6.07, 6.45) is 1.74. The molecular weight excluding hydrogens is 330 g/mol. The second-order valence-electron chi connectivity index (χ2n) is 6.47. The molecule has 1 aliphatic rings. The van der Waals surface area contributed by atoms with Crippen LogP contribution in [0.15, 0.2) is 35.1 Å². The van der Waals surface area contributed by atoms with Crippen LogP contribution in [-0.4, -0.2) is 25.9 Å². The number of hydrogen-bond acceptors (Lipinski definition) is 4. The van der Waals surface area contributed by atoms with Crippen LogP contribution in [0.25, 0.3) is 22.0 Å². The van der Waals surface area contributed by atoms with Crippen molar-refractivity contribution in [2.45, 2.75) is 12.8 Å². The Bertz CT molecular complexity index is 1080. The lowest BCUT2D eigenvalue weighted by Crippen LogP contribution is -2.23. The highest BCUT2D eigenvalue weighted by Crippen LogP contribution is 2.42. The molecule has 134 valence electrons. The lowest BCUT2D eigenvalue weighted by Gasteiger charge is -2.25. The van der Waals surface area contributed by atoms with Crippen molar-refractivity contribution in [2.24, 2.45) is 7.05 Å². The van der Waals surface area contributed by atoms with Crippen LogP contribution in [0.4, 0.5) is 0 Å². The second-order valence-corrected chi connectivity index (χ2v) is 6.47. The molecule has 0 unspecified atom stereocenters. The van der Waals surface area contributed by atoms with E-state index in [-0.39, 0.29) is 5.56 Å². The highest BCUT2D eigenvalue weighted by atomic mass is 16.5. The number of nitrogens with zero attached hydrogens (tertiary/aromatic N) is 1. The van der Waals surface area contributed by atoms with Gasteiger partial charge in [-0.2, -0.15) is 0 Å². The first-order valence-corrected chi connectivity index (χ1v) is 8.54. The monoisotopic (exact) mass is 351 g/mol. The first kappa shape index (κ1) is 16.5. The molecule has 5 nitrogen and oxygen atoms in total. The Morgan fingerprint density at radius 1 is 0.885 bits per heavy atom. The van der Waals surface area contributed by atoms with Crippen LogP contribution < -0.4 is 19.8 Å². The third-order valence-electron chi connectivity index (χ3n) is 5.22. The SMILES string of the molecule is COc1ccc2c(=O)n(C)c3c(c2c1)CCc1cc(OC)c(OC)cc1-3. The molecule has 0 spiro atoms. The number of fused-ring (bicyclic) bond motifs is 5. The summed E-state index contributed by atoms with van der Waals surface area (Å²) < 4.78 is 18.0. The molecule has 0 radical (unpaired) electrons. The number of aromatic nitrogens is 1. The fourth-order valence-corrected chi connectivity index (χ4v) is 3.90. The van der Waals surface area contributed by atoms with Gasteiger partial charge in [0.05, 0.1) is 27.0 Å². The minimum absolute atomic E-state index is 0.0102. The first-order valence-electron chi connectivity index (χ1n) is 8.54. The molecule has 2 aromatic carbocycles. The lowest BCUT2D eigenvalue weighted by molar-refractivity contribution is 0.354. The third kappa shape index (κ3) is 2.27. The van der Waals surface area contributed by atoms with Gasteiger partial charge in [-0.3, -0.25) is 4.79 Å². The number of pyridine rings is 1. The summed E-state index contributed by atoms with van der Waals surface area (Å²) >= 11 is 0. The highest BCUT2D eigenvalue weighted by molar-refractivity contribution is 5.92. The van der Waals surface area contributed by atoms with E-state index in [9.17, 15) is 4.79 Å².